The number of nitrogens with zero attached hydrogens (tertiary/aromatic N) is 1. The first-order chi connectivity index (χ1) is 22.7. The molecule has 2 aromatic heterocycles. The average molecular weight is 725 g/mol. The summed E-state index contributed by atoms with van der Waals surface area (Å²) in [6.45, 7) is 8.24. The summed E-state index contributed by atoms with van der Waals surface area (Å²) in [7, 11) is 0. The van der Waals surface area contributed by atoms with Gasteiger partial charge in [0.15, 0.2) is 0 Å². The van der Waals surface area contributed by atoms with Crippen molar-refractivity contribution in [2.24, 2.45) is 22.7 Å². The zero-order chi connectivity index (χ0) is 34.6. The highest BCUT2D eigenvalue weighted by molar-refractivity contribution is 9.10. The molecule has 2 aliphatic carbocycles. The molecule has 0 bridgehead atoms. The second-order valence-corrected chi connectivity index (χ2v) is 14.7. The van der Waals surface area contributed by atoms with Gasteiger partial charge in [-0.1, -0.05) is 35.8 Å². The monoisotopic (exact) mass is 723 g/mol. The van der Waals surface area contributed by atoms with Crippen molar-refractivity contribution in [3.63, 3.8) is 0 Å². The molecule has 6 rings (SSSR count). The van der Waals surface area contributed by atoms with Crippen LogP contribution in [-0.2, 0) is 23.8 Å². The fourth-order valence-electron chi connectivity index (χ4n) is 8.65. The lowest BCUT2D eigenvalue weighted by Crippen LogP contribution is -2.71. The van der Waals surface area contributed by atoms with E-state index in [4.69, 9.17) is 23.4 Å². The fraction of sp³-hybridized carbons (Fsp3) is 0.472. The van der Waals surface area contributed by atoms with Crippen LogP contribution in [0.2, 0.25) is 0 Å². The van der Waals surface area contributed by atoms with E-state index in [1.807, 2.05) is 13.8 Å². The Morgan fingerprint density at radius 2 is 1.81 bits per heavy atom. The number of rotatable bonds is 6. The van der Waals surface area contributed by atoms with Gasteiger partial charge < -0.3 is 28.5 Å². The van der Waals surface area contributed by atoms with Crippen molar-refractivity contribution in [2.45, 2.75) is 77.8 Å². The molecule has 1 aromatic carbocycles. The number of pyridine rings is 1. The van der Waals surface area contributed by atoms with Crippen molar-refractivity contribution >= 4 is 33.8 Å². The van der Waals surface area contributed by atoms with Gasteiger partial charge >= 0.3 is 23.5 Å². The molecule has 0 spiro atoms. The summed E-state index contributed by atoms with van der Waals surface area (Å²) >= 11 is 3.41. The van der Waals surface area contributed by atoms with Gasteiger partial charge in [0.2, 0.25) is 0 Å². The van der Waals surface area contributed by atoms with Crippen molar-refractivity contribution in [3.05, 3.63) is 80.9 Å². The molecule has 2 fully saturated rings. The number of aromatic nitrogens is 1. The van der Waals surface area contributed by atoms with Crippen LogP contribution >= 0.6 is 15.9 Å². The zero-order valence-corrected chi connectivity index (χ0v) is 28.9. The van der Waals surface area contributed by atoms with E-state index in [9.17, 15) is 24.3 Å². The Morgan fingerprint density at radius 3 is 2.48 bits per heavy atom. The smallest absolute Gasteiger partial charge is 0.345 e. The summed E-state index contributed by atoms with van der Waals surface area (Å²) in [4.78, 5) is 55.9. The summed E-state index contributed by atoms with van der Waals surface area (Å²) in [6, 6.07) is 11.8. The van der Waals surface area contributed by atoms with Crippen molar-refractivity contribution < 1.29 is 42.9 Å². The van der Waals surface area contributed by atoms with Crippen LogP contribution in [-0.4, -0.2) is 52.4 Å². The molecule has 3 aliphatic rings. The number of fused-ring (bicyclic) bond motifs is 4. The van der Waals surface area contributed by atoms with E-state index in [0.717, 1.165) is 0 Å². The number of esters is 3. The molecule has 0 saturated heterocycles. The Bertz CT molecular complexity index is 1810. The molecule has 48 heavy (non-hydrogen) atoms. The van der Waals surface area contributed by atoms with Crippen LogP contribution in [0.4, 0.5) is 0 Å². The Morgan fingerprint density at radius 1 is 1.04 bits per heavy atom. The molecule has 11 nitrogen and oxygen atoms in total. The van der Waals surface area contributed by atoms with Gasteiger partial charge in [-0.3, -0.25) is 14.6 Å². The van der Waals surface area contributed by atoms with Gasteiger partial charge in [-0.05, 0) is 67.9 Å². The van der Waals surface area contributed by atoms with Crippen molar-refractivity contribution in [2.75, 3.05) is 6.61 Å². The minimum atomic E-state index is -1.39. The Balaban J connectivity index is 1.51. The molecular formula is C36H38BrNO10. The average Bonchev–Trinajstić information content (AvgIpc) is 3.02. The van der Waals surface area contributed by atoms with E-state index in [2.05, 4.69) is 20.9 Å². The van der Waals surface area contributed by atoms with E-state index in [1.165, 1.54) is 13.8 Å². The van der Waals surface area contributed by atoms with E-state index in [-0.39, 0.29) is 30.1 Å². The summed E-state index contributed by atoms with van der Waals surface area (Å²) in [5, 5.41) is 12.3. The van der Waals surface area contributed by atoms with Crippen LogP contribution < -0.4 is 10.4 Å². The quantitative estimate of drug-likeness (QED) is 0.242. The van der Waals surface area contributed by atoms with E-state index >= 15 is 0 Å². The molecule has 3 unspecified atom stereocenters. The van der Waals surface area contributed by atoms with Crippen LogP contribution in [0.5, 0.6) is 5.75 Å². The molecular weight excluding hydrogens is 686 g/mol. The summed E-state index contributed by atoms with van der Waals surface area (Å²) in [5.41, 5.74) is -3.03. The van der Waals surface area contributed by atoms with Crippen molar-refractivity contribution in [3.8, 4) is 17.1 Å². The minimum Gasteiger partial charge on any atom is -0.482 e. The maximum absolute atomic E-state index is 13.8. The van der Waals surface area contributed by atoms with Gasteiger partial charge in [-0.2, -0.15) is 0 Å². The number of hydrogen-bond acceptors (Lipinski definition) is 11. The molecule has 0 amide bonds. The lowest BCUT2D eigenvalue weighted by molar-refractivity contribution is -0.266. The van der Waals surface area contributed by atoms with E-state index in [1.54, 1.807) is 61.8 Å². The lowest BCUT2D eigenvalue weighted by Gasteiger charge is -2.66. The third-order valence-corrected chi connectivity index (χ3v) is 11.2. The largest absolute Gasteiger partial charge is 0.482 e. The number of aliphatic hydroxyl groups is 1. The SMILES string of the molecule is CC(=O)OC[C@]1(C)C2C[C@H](OC(=O)c3cccc(Br)c3)[C@@]3(C)Oc4cc(-c5cccnc5)oc(=O)c4C(O)C3[C@@]2(C)CC[C@@H]1OC(C)=O. The van der Waals surface area contributed by atoms with Crippen LogP contribution in [0.3, 0.4) is 0 Å². The second kappa shape index (κ2) is 12.5. The molecule has 2 saturated carbocycles. The van der Waals surface area contributed by atoms with E-state index < -0.39 is 70.1 Å². The van der Waals surface area contributed by atoms with Gasteiger partial charge in [0.1, 0.15) is 41.5 Å². The first-order valence-corrected chi connectivity index (χ1v) is 16.7. The number of benzene rings is 1. The van der Waals surface area contributed by atoms with Gasteiger partial charge in [0.05, 0.1) is 11.7 Å². The Kier molecular flexibility index (Phi) is 8.78. The molecule has 8 atom stereocenters. The van der Waals surface area contributed by atoms with E-state index in [0.29, 0.717) is 28.4 Å². The van der Waals surface area contributed by atoms with Crippen LogP contribution in [0.15, 0.2) is 68.5 Å². The normalized spacial score (nSPS) is 32.0. The summed E-state index contributed by atoms with van der Waals surface area (Å²) in [5.74, 6) is -2.50. The third-order valence-electron chi connectivity index (χ3n) is 10.7. The van der Waals surface area contributed by atoms with Crippen molar-refractivity contribution in [1.82, 2.24) is 4.98 Å². The first-order valence-electron chi connectivity index (χ1n) is 15.9. The lowest BCUT2D eigenvalue weighted by atomic mass is 9.42. The maximum atomic E-state index is 13.8. The van der Waals surface area contributed by atoms with Gasteiger partial charge in [0.25, 0.3) is 0 Å². The highest BCUT2D eigenvalue weighted by Gasteiger charge is 2.71. The highest BCUT2D eigenvalue weighted by Crippen LogP contribution is 2.67. The number of carbonyl (C=O) groups is 3. The first kappa shape index (κ1) is 33.9. The molecule has 12 heteroatoms. The third kappa shape index (κ3) is 5.72. The molecule has 0 radical (unpaired) electrons. The molecule has 1 N–H and O–H groups in total. The number of halogens is 1. The molecule has 254 valence electrons. The van der Waals surface area contributed by atoms with Gasteiger partial charge in [-0.25, -0.2) is 9.59 Å². The van der Waals surface area contributed by atoms with Gasteiger partial charge in [-0.15, -0.1) is 0 Å². The number of hydrogen-bond donors (Lipinski definition) is 1. The Labute approximate surface area is 286 Å². The molecule has 1 aliphatic heterocycles. The summed E-state index contributed by atoms with van der Waals surface area (Å²) < 4.78 is 30.9. The topological polar surface area (TPSA) is 151 Å². The highest BCUT2D eigenvalue weighted by atomic mass is 79.9. The second-order valence-electron chi connectivity index (χ2n) is 13.7. The maximum Gasteiger partial charge on any atom is 0.345 e. The molecule has 3 heterocycles. The van der Waals surface area contributed by atoms with Gasteiger partial charge in [0, 0.05) is 53.7 Å². The summed E-state index contributed by atoms with van der Waals surface area (Å²) in [6.07, 6.45) is 1.24. The fourth-order valence-corrected chi connectivity index (χ4v) is 9.05. The predicted octanol–water partition coefficient (Wildman–Crippen LogP) is 5.81. The zero-order valence-electron chi connectivity index (χ0n) is 27.4. The van der Waals surface area contributed by atoms with Crippen LogP contribution in [0.1, 0.15) is 75.9 Å². The van der Waals surface area contributed by atoms with Crippen LogP contribution in [0, 0.1) is 22.7 Å². The minimum absolute atomic E-state index is 0.0344. The Hall–Kier alpha value is -4.03. The predicted molar refractivity (Wildman–Crippen MR) is 175 cm³/mol. The van der Waals surface area contributed by atoms with Crippen LogP contribution in [0.25, 0.3) is 11.3 Å². The number of carbonyl (C=O) groups excluding carboxylic acids is 3. The molecule has 3 aromatic rings. The number of aliphatic hydroxyl groups excluding tert-OH is 1. The standard InChI is InChI=1S/C36H38BrNO10/c1-19(39)44-18-35(4)26-16-28(47-32(42)21-8-6-10-23(37)14-21)36(5)31(34(26,3)12-11-27(35)45-20(2)40)30(41)29-25(48-36)15-24(46-33(29)43)22-9-7-13-38-17-22/h6-10,13-15,17,26-28,30-31,41H,11-12,16,18H2,1-5H3/t26?,27-,28-,30?,31?,34-,35+,36+/m0/s1. The number of ether oxygens (including phenoxy) is 4. The van der Waals surface area contributed by atoms with Crippen molar-refractivity contribution in [1.29, 1.82) is 0 Å².